The van der Waals surface area contributed by atoms with Crippen LogP contribution < -0.4 is 16.0 Å². The van der Waals surface area contributed by atoms with E-state index in [1.54, 1.807) is 7.05 Å². The second kappa shape index (κ2) is 13.8. The fourth-order valence-electron chi connectivity index (χ4n) is 3.07. The van der Waals surface area contributed by atoms with Crippen LogP contribution in [0.25, 0.3) is 0 Å². The van der Waals surface area contributed by atoms with Crippen molar-refractivity contribution in [3.63, 3.8) is 0 Å². The highest BCUT2D eigenvalue weighted by Gasteiger charge is 2.27. The molecule has 0 aromatic carbocycles. The lowest BCUT2D eigenvalue weighted by molar-refractivity contribution is 0.0162. The Morgan fingerprint density at radius 2 is 1.55 bits per heavy atom. The highest BCUT2D eigenvalue weighted by molar-refractivity contribution is 14.0. The first-order valence-electron chi connectivity index (χ1n) is 10.8. The van der Waals surface area contributed by atoms with Crippen LogP contribution in [0.2, 0.25) is 0 Å². The zero-order chi connectivity index (χ0) is 22.8. The van der Waals surface area contributed by atoms with E-state index < -0.39 is 17.3 Å². The van der Waals surface area contributed by atoms with Crippen molar-refractivity contribution in [3.8, 4) is 0 Å². The number of hydrogen-bond donors (Lipinski definition) is 3. The third-order valence-electron chi connectivity index (χ3n) is 4.32. The minimum atomic E-state index is -0.507. The molecule has 0 aromatic heterocycles. The summed E-state index contributed by atoms with van der Waals surface area (Å²) in [5.41, 5.74) is -0.977. The number of carbonyl (C=O) groups is 2. The van der Waals surface area contributed by atoms with Crippen LogP contribution in [-0.4, -0.2) is 74.0 Å². The third kappa shape index (κ3) is 14.3. The number of ether oxygens (including phenoxy) is 2. The molecule has 2 amide bonds. The van der Waals surface area contributed by atoms with Gasteiger partial charge in [-0.2, -0.15) is 0 Å². The molecular formula is C21H42IN5O4. The van der Waals surface area contributed by atoms with Crippen LogP contribution in [0.1, 0.15) is 60.8 Å². The highest BCUT2D eigenvalue weighted by atomic mass is 127. The van der Waals surface area contributed by atoms with E-state index in [4.69, 9.17) is 9.47 Å². The minimum absolute atomic E-state index is 0. The first kappa shape index (κ1) is 29.5. The summed E-state index contributed by atoms with van der Waals surface area (Å²) in [5.74, 6) is 1.12. The molecule has 1 saturated heterocycles. The SMILES string of the molecule is CN=C(NCCNC(=O)OC(C)(C)C)NCCC1CCCN(C(=O)OC(C)(C)C)C1.I. The van der Waals surface area contributed by atoms with E-state index in [9.17, 15) is 9.59 Å². The molecule has 0 spiro atoms. The monoisotopic (exact) mass is 555 g/mol. The first-order chi connectivity index (χ1) is 13.9. The summed E-state index contributed by atoms with van der Waals surface area (Å²) in [6.45, 7) is 14.4. The smallest absolute Gasteiger partial charge is 0.410 e. The molecule has 1 heterocycles. The second-order valence-corrected chi connectivity index (χ2v) is 9.58. The molecule has 1 aliphatic heterocycles. The number of guanidine groups is 1. The van der Waals surface area contributed by atoms with E-state index in [2.05, 4.69) is 20.9 Å². The number of piperidine rings is 1. The fourth-order valence-corrected chi connectivity index (χ4v) is 3.07. The van der Waals surface area contributed by atoms with Crippen molar-refractivity contribution in [2.45, 2.75) is 72.0 Å². The number of carbonyl (C=O) groups excluding carboxylic acids is 2. The molecule has 9 nitrogen and oxygen atoms in total. The van der Waals surface area contributed by atoms with Gasteiger partial charge in [0.25, 0.3) is 0 Å². The number of nitrogens with one attached hydrogen (secondary N) is 3. The van der Waals surface area contributed by atoms with E-state index in [1.165, 1.54) is 0 Å². The maximum Gasteiger partial charge on any atom is 0.410 e. The van der Waals surface area contributed by atoms with E-state index in [0.29, 0.717) is 25.0 Å². The van der Waals surface area contributed by atoms with Crippen molar-refractivity contribution in [1.82, 2.24) is 20.9 Å². The van der Waals surface area contributed by atoms with Gasteiger partial charge in [-0.25, -0.2) is 9.59 Å². The lowest BCUT2D eigenvalue weighted by atomic mass is 9.95. The van der Waals surface area contributed by atoms with Crippen LogP contribution >= 0.6 is 24.0 Å². The van der Waals surface area contributed by atoms with Crippen molar-refractivity contribution in [2.24, 2.45) is 10.9 Å². The van der Waals surface area contributed by atoms with Crippen molar-refractivity contribution in [3.05, 3.63) is 0 Å². The molecule has 1 fully saturated rings. The maximum absolute atomic E-state index is 12.3. The van der Waals surface area contributed by atoms with Crippen molar-refractivity contribution in [2.75, 3.05) is 39.8 Å². The summed E-state index contributed by atoms with van der Waals surface area (Å²) in [6, 6.07) is 0. The first-order valence-corrected chi connectivity index (χ1v) is 10.8. The largest absolute Gasteiger partial charge is 0.444 e. The summed E-state index contributed by atoms with van der Waals surface area (Å²) >= 11 is 0. The second-order valence-electron chi connectivity index (χ2n) is 9.58. The number of likely N-dealkylation sites (tertiary alicyclic amines) is 1. The van der Waals surface area contributed by atoms with E-state index in [-0.39, 0.29) is 30.1 Å². The summed E-state index contributed by atoms with van der Waals surface area (Å²) in [5, 5.41) is 9.15. The molecule has 0 saturated carbocycles. The lowest BCUT2D eigenvalue weighted by Gasteiger charge is -2.34. The molecule has 1 rings (SSSR count). The minimum Gasteiger partial charge on any atom is -0.444 e. The molecule has 3 N–H and O–H groups in total. The molecule has 0 aromatic rings. The van der Waals surface area contributed by atoms with E-state index >= 15 is 0 Å². The van der Waals surface area contributed by atoms with Gasteiger partial charge in [0.15, 0.2) is 5.96 Å². The lowest BCUT2D eigenvalue weighted by Crippen LogP contribution is -2.45. The van der Waals surface area contributed by atoms with Crippen LogP contribution in [0.5, 0.6) is 0 Å². The Kier molecular flexibility index (Phi) is 13.2. The van der Waals surface area contributed by atoms with Gasteiger partial charge in [-0.15, -0.1) is 24.0 Å². The Balaban J connectivity index is 0.00000900. The van der Waals surface area contributed by atoms with Gasteiger partial charge in [-0.05, 0) is 66.7 Å². The maximum atomic E-state index is 12.3. The molecule has 31 heavy (non-hydrogen) atoms. The van der Waals surface area contributed by atoms with Gasteiger partial charge in [0.1, 0.15) is 11.2 Å². The zero-order valence-corrected chi connectivity index (χ0v) is 22.5. The number of halogens is 1. The number of hydrogen-bond acceptors (Lipinski definition) is 5. The number of amides is 2. The van der Waals surface area contributed by atoms with Gasteiger partial charge in [0.2, 0.25) is 0 Å². The van der Waals surface area contributed by atoms with Gasteiger partial charge < -0.3 is 30.3 Å². The van der Waals surface area contributed by atoms with Crippen LogP contribution in [-0.2, 0) is 9.47 Å². The summed E-state index contributed by atoms with van der Waals surface area (Å²) in [4.78, 5) is 29.9. The average molecular weight is 556 g/mol. The van der Waals surface area contributed by atoms with Crippen LogP contribution in [0.3, 0.4) is 0 Å². The Bertz CT molecular complexity index is 587. The molecule has 0 bridgehead atoms. The molecule has 1 atom stereocenters. The number of rotatable bonds is 6. The molecule has 1 unspecified atom stereocenters. The van der Waals surface area contributed by atoms with Gasteiger partial charge in [-0.3, -0.25) is 4.99 Å². The van der Waals surface area contributed by atoms with Crippen LogP contribution in [0.4, 0.5) is 9.59 Å². The summed E-state index contributed by atoms with van der Waals surface area (Å²) < 4.78 is 10.7. The topological polar surface area (TPSA) is 104 Å². The third-order valence-corrected chi connectivity index (χ3v) is 4.32. The van der Waals surface area contributed by atoms with Gasteiger partial charge in [-0.1, -0.05) is 0 Å². The van der Waals surface area contributed by atoms with Crippen molar-refractivity contribution >= 4 is 42.1 Å². The van der Waals surface area contributed by atoms with Crippen molar-refractivity contribution in [1.29, 1.82) is 0 Å². The van der Waals surface area contributed by atoms with Crippen LogP contribution in [0, 0.1) is 5.92 Å². The summed E-state index contributed by atoms with van der Waals surface area (Å²) in [7, 11) is 1.71. The quantitative estimate of drug-likeness (QED) is 0.201. The van der Waals surface area contributed by atoms with Crippen LogP contribution in [0.15, 0.2) is 4.99 Å². The molecule has 0 aliphatic carbocycles. The average Bonchev–Trinajstić information content (AvgIpc) is 2.61. The Labute approximate surface area is 204 Å². The number of nitrogens with zero attached hydrogens (tertiary/aromatic N) is 2. The number of alkyl carbamates (subject to hydrolysis) is 1. The van der Waals surface area contributed by atoms with E-state index in [1.807, 2.05) is 46.4 Å². The van der Waals surface area contributed by atoms with Gasteiger partial charge in [0.05, 0.1) is 0 Å². The Hall–Kier alpha value is -1.46. The number of aliphatic imine (C=N–C) groups is 1. The Morgan fingerprint density at radius 3 is 2.13 bits per heavy atom. The molecule has 10 heteroatoms. The molecule has 182 valence electrons. The molecule has 1 aliphatic rings. The van der Waals surface area contributed by atoms with Gasteiger partial charge >= 0.3 is 12.2 Å². The zero-order valence-electron chi connectivity index (χ0n) is 20.2. The fraction of sp³-hybridized carbons (Fsp3) is 0.857. The van der Waals surface area contributed by atoms with E-state index in [0.717, 1.165) is 38.9 Å². The molecule has 0 radical (unpaired) electrons. The highest BCUT2D eigenvalue weighted by Crippen LogP contribution is 2.21. The predicted molar refractivity (Wildman–Crippen MR) is 134 cm³/mol. The predicted octanol–water partition coefficient (Wildman–Crippen LogP) is 3.33. The molecular weight excluding hydrogens is 513 g/mol. The van der Waals surface area contributed by atoms with Crippen molar-refractivity contribution < 1.29 is 19.1 Å². The summed E-state index contributed by atoms with van der Waals surface area (Å²) in [6.07, 6.45) is 2.38. The standard InChI is InChI=1S/C21H41N5O4.HI/c1-20(2,3)29-18(27)25-13-12-24-17(22-7)23-11-10-16-9-8-14-26(15-16)19(28)30-21(4,5)6;/h16H,8-15H2,1-7H3,(H,25,27)(H2,22,23,24);1H. The Morgan fingerprint density at radius 1 is 0.968 bits per heavy atom. The van der Waals surface area contributed by atoms with Gasteiger partial charge in [0, 0.05) is 39.8 Å². The normalized spacial score (nSPS) is 17.3.